The number of carbonyl (C=O) groups is 1. The highest BCUT2D eigenvalue weighted by Gasteiger charge is 2.54. The van der Waals surface area contributed by atoms with Gasteiger partial charge in [0.2, 0.25) is 5.91 Å². The SMILES string of the molecule is CCC(NC(=O)C(C)(N)C(F)(F)F)c1cccc(Cl)c1. The molecular weight excluding hydrogens is 293 g/mol. The van der Waals surface area contributed by atoms with Crippen LogP contribution in [0.5, 0.6) is 0 Å². The molecule has 112 valence electrons. The van der Waals surface area contributed by atoms with Crippen LogP contribution in [0.3, 0.4) is 0 Å². The molecule has 0 heterocycles. The number of amides is 1. The topological polar surface area (TPSA) is 55.1 Å². The van der Waals surface area contributed by atoms with E-state index in [0.717, 1.165) is 0 Å². The van der Waals surface area contributed by atoms with E-state index in [2.05, 4.69) is 5.32 Å². The van der Waals surface area contributed by atoms with Crippen molar-refractivity contribution < 1.29 is 18.0 Å². The van der Waals surface area contributed by atoms with Crippen molar-refractivity contribution in [1.82, 2.24) is 5.32 Å². The molecule has 1 amide bonds. The first-order valence-electron chi connectivity index (χ1n) is 6.01. The zero-order valence-electron chi connectivity index (χ0n) is 11.1. The third-order valence-corrected chi connectivity index (χ3v) is 3.26. The lowest BCUT2D eigenvalue weighted by Gasteiger charge is -2.29. The standard InChI is InChI=1S/C13H16ClF3N2O/c1-3-10(8-5-4-6-9(14)7-8)19-11(20)12(2,18)13(15,16)17/h4-7,10H,3,18H2,1-2H3,(H,19,20). The number of nitrogens with two attached hydrogens (primary N) is 1. The Morgan fingerprint density at radius 3 is 2.50 bits per heavy atom. The Bertz CT molecular complexity index is 489. The number of benzene rings is 1. The van der Waals surface area contributed by atoms with Crippen LogP contribution in [-0.4, -0.2) is 17.6 Å². The van der Waals surface area contributed by atoms with Gasteiger partial charge in [0, 0.05) is 5.02 Å². The fourth-order valence-electron chi connectivity index (χ4n) is 1.58. The third kappa shape index (κ3) is 3.64. The van der Waals surface area contributed by atoms with Gasteiger partial charge in [-0.3, -0.25) is 4.79 Å². The molecule has 0 radical (unpaired) electrons. The molecule has 1 aromatic rings. The average Bonchev–Trinajstić information content (AvgIpc) is 2.34. The van der Waals surface area contributed by atoms with E-state index in [4.69, 9.17) is 17.3 Å². The van der Waals surface area contributed by atoms with Crippen LogP contribution in [0.2, 0.25) is 5.02 Å². The second kappa shape index (κ2) is 6.01. The Balaban J connectivity index is 2.92. The smallest absolute Gasteiger partial charge is 0.347 e. The van der Waals surface area contributed by atoms with Crippen LogP contribution in [0.1, 0.15) is 31.9 Å². The van der Waals surface area contributed by atoms with Crippen LogP contribution < -0.4 is 11.1 Å². The van der Waals surface area contributed by atoms with Gasteiger partial charge in [0.25, 0.3) is 0 Å². The van der Waals surface area contributed by atoms with Crippen LogP contribution in [0.4, 0.5) is 13.2 Å². The van der Waals surface area contributed by atoms with Gasteiger partial charge in [-0.15, -0.1) is 0 Å². The van der Waals surface area contributed by atoms with Gasteiger partial charge < -0.3 is 11.1 Å². The number of rotatable bonds is 4. The molecule has 2 atom stereocenters. The normalized spacial score (nSPS) is 16.4. The van der Waals surface area contributed by atoms with Crippen molar-refractivity contribution in [3.63, 3.8) is 0 Å². The lowest BCUT2D eigenvalue weighted by molar-refractivity contribution is -0.187. The zero-order valence-corrected chi connectivity index (χ0v) is 11.8. The second-order valence-corrected chi connectivity index (χ2v) is 5.13. The Morgan fingerprint density at radius 2 is 2.05 bits per heavy atom. The van der Waals surface area contributed by atoms with E-state index < -0.39 is 23.7 Å². The minimum Gasteiger partial charge on any atom is -0.347 e. The first-order valence-corrected chi connectivity index (χ1v) is 6.39. The minimum atomic E-state index is -4.82. The summed E-state index contributed by atoms with van der Waals surface area (Å²) in [5.74, 6) is -1.27. The zero-order chi connectivity index (χ0) is 15.6. The van der Waals surface area contributed by atoms with Crippen molar-refractivity contribution in [1.29, 1.82) is 0 Å². The van der Waals surface area contributed by atoms with E-state index in [0.29, 0.717) is 23.9 Å². The summed E-state index contributed by atoms with van der Waals surface area (Å²) in [6.07, 6.45) is -4.40. The number of carbonyl (C=O) groups excluding carboxylic acids is 1. The van der Waals surface area contributed by atoms with Gasteiger partial charge >= 0.3 is 6.18 Å². The number of halogens is 4. The predicted molar refractivity (Wildman–Crippen MR) is 71.3 cm³/mol. The molecular formula is C13H16ClF3N2O. The van der Waals surface area contributed by atoms with E-state index >= 15 is 0 Å². The monoisotopic (exact) mass is 308 g/mol. The Hall–Kier alpha value is -1.27. The summed E-state index contributed by atoms with van der Waals surface area (Å²) in [5, 5.41) is 2.76. The number of alkyl halides is 3. The molecule has 20 heavy (non-hydrogen) atoms. The van der Waals surface area contributed by atoms with Crippen LogP contribution in [0.15, 0.2) is 24.3 Å². The van der Waals surface area contributed by atoms with Crippen LogP contribution in [0.25, 0.3) is 0 Å². The maximum absolute atomic E-state index is 12.7. The minimum absolute atomic E-state index is 0.417. The van der Waals surface area contributed by atoms with E-state index in [-0.39, 0.29) is 0 Å². The summed E-state index contributed by atoms with van der Waals surface area (Å²) in [6.45, 7) is 2.39. The molecule has 0 aliphatic heterocycles. The summed E-state index contributed by atoms with van der Waals surface area (Å²) < 4.78 is 38.1. The van der Waals surface area contributed by atoms with Crippen molar-refractivity contribution in [2.24, 2.45) is 5.73 Å². The van der Waals surface area contributed by atoms with E-state index in [1.165, 1.54) is 0 Å². The molecule has 0 aliphatic carbocycles. The van der Waals surface area contributed by atoms with Crippen LogP contribution in [0, 0.1) is 0 Å². The predicted octanol–water partition coefficient (Wildman–Crippen LogP) is 3.19. The van der Waals surface area contributed by atoms with Gasteiger partial charge in [0.05, 0.1) is 6.04 Å². The highest BCUT2D eigenvalue weighted by molar-refractivity contribution is 6.30. The highest BCUT2D eigenvalue weighted by Crippen LogP contribution is 2.29. The molecule has 0 bridgehead atoms. The van der Waals surface area contributed by atoms with Crippen molar-refractivity contribution >= 4 is 17.5 Å². The summed E-state index contributed by atoms with van der Waals surface area (Å²) in [6, 6.07) is 6.01. The maximum Gasteiger partial charge on any atom is 0.415 e. The van der Waals surface area contributed by atoms with E-state index in [1.807, 2.05) is 0 Å². The van der Waals surface area contributed by atoms with Gasteiger partial charge in [-0.05, 0) is 31.0 Å². The van der Waals surface area contributed by atoms with Crippen molar-refractivity contribution in [3.8, 4) is 0 Å². The molecule has 1 rings (SSSR count). The lowest BCUT2D eigenvalue weighted by Crippen LogP contribution is -2.61. The molecule has 0 aliphatic rings. The average molecular weight is 309 g/mol. The molecule has 0 aromatic heterocycles. The van der Waals surface area contributed by atoms with Gasteiger partial charge in [0.15, 0.2) is 5.54 Å². The fourth-order valence-corrected chi connectivity index (χ4v) is 1.78. The fraction of sp³-hybridized carbons (Fsp3) is 0.462. The van der Waals surface area contributed by atoms with Crippen molar-refractivity contribution in [3.05, 3.63) is 34.9 Å². The van der Waals surface area contributed by atoms with Gasteiger partial charge in [0.1, 0.15) is 0 Å². The number of nitrogens with one attached hydrogen (secondary N) is 1. The quantitative estimate of drug-likeness (QED) is 0.897. The Morgan fingerprint density at radius 1 is 1.45 bits per heavy atom. The summed E-state index contributed by atoms with van der Waals surface area (Å²) in [4.78, 5) is 11.7. The van der Waals surface area contributed by atoms with Crippen molar-refractivity contribution in [2.75, 3.05) is 0 Å². The summed E-state index contributed by atoms with van der Waals surface area (Å²) >= 11 is 5.83. The molecule has 3 N–H and O–H groups in total. The number of hydrogen-bond acceptors (Lipinski definition) is 2. The van der Waals surface area contributed by atoms with Crippen LogP contribution in [-0.2, 0) is 4.79 Å². The molecule has 0 spiro atoms. The highest BCUT2D eigenvalue weighted by atomic mass is 35.5. The van der Waals surface area contributed by atoms with Gasteiger partial charge in [-0.2, -0.15) is 13.2 Å². The molecule has 1 aromatic carbocycles. The molecule has 0 fully saturated rings. The van der Waals surface area contributed by atoms with Gasteiger partial charge in [-0.25, -0.2) is 0 Å². The number of hydrogen-bond donors (Lipinski definition) is 2. The van der Waals surface area contributed by atoms with Gasteiger partial charge in [-0.1, -0.05) is 30.7 Å². The Kier molecular flexibility index (Phi) is 5.05. The second-order valence-electron chi connectivity index (χ2n) is 4.69. The van der Waals surface area contributed by atoms with E-state index in [1.54, 1.807) is 31.2 Å². The molecule has 0 saturated carbocycles. The summed E-state index contributed by atoms with van der Waals surface area (Å²) in [5.41, 5.74) is 2.78. The third-order valence-electron chi connectivity index (χ3n) is 3.03. The Labute approximate surface area is 120 Å². The molecule has 2 unspecified atom stereocenters. The first kappa shape index (κ1) is 16.8. The summed E-state index contributed by atoms with van der Waals surface area (Å²) in [7, 11) is 0. The largest absolute Gasteiger partial charge is 0.415 e. The molecule has 0 saturated heterocycles. The maximum atomic E-state index is 12.7. The van der Waals surface area contributed by atoms with Crippen molar-refractivity contribution in [2.45, 2.75) is 38.0 Å². The lowest BCUT2D eigenvalue weighted by atomic mass is 9.99. The molecule has 7 heteroatoms. The van der Waals surface area contributed by atoms with Crippen LogP contribution >= 0.6 is 11.6 Å². The van der Waals surface area contributed by atoms with E-state index in [9.17, 15) is 18.0 Å². The molecule has 3 nitrogen and oxygen atoms in total. The first-order chi connectivity index (χ1) is 9.09.